The van der Waals surface area contributed by atoms with Crippen molar-refractivity contribution in [3.63, 3.8) is 0 Å². The molecule has 1 amide bonds. The van der Waals surface area contributed by atoms with Crippen molar-refractivity contribution in [3.05, 3.63) is 77.4 Å². The molecule has 1 unspecified atom stereocenters. The zero-order valence-corrected chi connectivity index (χ0v) is 14.9. The summed E-state index contributed by atoms with van der Waals surface area (Å²) in [4.78, 5) is 14.6. The average molecular weight is 368 g/mol. The number of halogens is 2. The summed E-state index contributed by atoms with van der Waals surface area (Å²) < 4.78 is 28.1. The largest absolute Gasteiger partial charge is 0.336 e. The van der Waals surface area contributed by atoms with Crippen LogP contribution < -0.4 is 5.73 Å². The highest BCUT2D eigenvalue weighted by molar-refractivity contribution is 5.85. The van der Waals surface area contributed by atoms with Crippen LogP contribution in [0.3, 0.4) is 0 Å². The second kappa shape index (κ2) is 7.24. The van der Waals surface area contributed by atoms with Crippen LogP contribution in [0.5, 0.6) is 0 Å². The number of nitrogens with two attached hydrogens (primary N) is 1. The molecular weight excluding hydrogens is 346 g/mol. The molecule has 1 aliphatic heterocycles. The number of amides is 1. The summed E-state index contributed by atoms with van der Waals surface area (Å²) in [6, 6.07) is 12.7. The second-order valence-corrected chi connectivity index (χ2v) is 7.42. The van der Waals surface area contributed by atoms with Crippen LogP contribution >= 0.6 is 0 Å². The van der Waals surface area contributed by atoms with E-state index in [0.717, 1.165) is 30.5 Å². The lowest BCUT2D eigenvalue weighted by Crippen LogP contribution is -2.48. The van der Waals surface area contributed by atoms with Gasteiger partial charge in [0.2, 0.25) is 5.91 Å². The van der Waals surface area contributed by atoms with Gasteiger partial charge in [-0.2, -0.15) is 0 Å². The first kappa shape index (κ1) is 17.9. The first-order valence-electron chi connectivity index (χ1n) is 9.28. The first-order valence-corrected chi connectivity index (χ1v) is 9.28. The quantitative estimate of drug-likeness (QED) is 0.894. The molecular formula is C22H22F2N2O. The van der Waals surface area contributed by atoms with Crippen molar-refractivity contribution in [2.24, 2.45) is 11.7 Å². The maximum atomic E-state index is 14.4. The molecule has 2 aromatic carbocycles. The summed E-state index contributed by atoms with van der Waals surface area (Å²) >= 11 is 0. The van der Waals surface area contributed by atoms with Crippen molar-refractivity contribution in [1.82, 2.24) is 4.90 Å². The smallest absolute Gasteiger partial charge is 0.240 e. The van der Waals surface area contributed by atoms with Gasteiger partial charge in [0, 0.05) is 24.6 Å². The molecule has 27 heavy (non-hydrogen) atoms. The van der Waals surface area contributed by atoms with E-state index < -0.39 is 17.7 Å². The van der Waals surface area contributed by atoms with Crippen LogP contribution in [0, 0.1) is 17.6 Å². The zero-order valence-electron chi connectivity index (χ0n) is 14.9. The number of nitrogens with zero attached hydrogens (tertiary/aromatic N) is 1. The molecule has 4 rings (SSSR count). The highest BCUT2D eigenvalue weighted by Gasteiger charge is 2.37. The van der Waals surface area contributed by atoms with Gasteiger partial charge >= 0.3 is 0 Å². The maximum absolute atomic E-state index is 14.4. The maximum Gasteiger partial charge on any atom is 0.240 e. The van der Waals surface area contributed by atoms with E-state index in [4.69, 9.17) is 5.73 Å². The summed E-state index contributed by atoms with van der Waals surface area (Å²) in [6.45, 7) is 0.729. The van der Waals surface area contributed by atoms with Crippen molar-refractivity contribution in [2.45, 2.75) is 24.8 Å². The average Bonchev–Trinajstić information content (AvgIpc) is 3.54. The Bertz CT molecular complexity index is 877. The zero-order chi connectivity index (χ0) is 19.0. The molecule has 1 heterocycles. The van der Waals surface area contributed by atoms with Gasteiger partial charge in [0.15, 0.2) is 0 Å². The van der Waals surface area contributed by atoms with Crippen LogP contribution in [0.15, 0.2) is 54.6 Å². The van der Waals surface area contributed by atoms with E-state index in [1.165, 1.54) is 6.07 Å². The number of benzene rings is 2. The SMILES string of the molecule is N[C@H](C(=O)N1CC(c2cc(F)ccc2F)=CC(c2ccccc2)C1)C1CC1. The molecule has 1 aliphatic carbocycles. The van der Waals surface area contributed by atoms with Crippen LogP contribution in [0.1, 0.15) is 29.9 Å². The van der Waals surface area contributed by atoms with Crippen LogP contribution in [-0.2, 0) is 4.79 Å². The Labute approximate surface area is 157 Å². The first-order chi connectivity index (χ1) is 13.0. The van der Waals surface area contributed by atoms with E-state index in [9.17, 15) is 13.6 Å². The molecule has 2 aliphatic rings. The van der Waals surface area contributed by atoms with Gasteiger partial charge in [0.25, 0.3) is 0 Å². The molecule has 0 bridgehead atoms. The Morgan fingerprint density at radius 3 is 2.56 bits per heavy atom. The molecule has 5 heteroatoms. The Kier molecular flexibility index (Phi) is 4.79. The van der Waals surface area contributed by atoms with E-state index in [1.54, 1.807) is 4.90 Å². The minimum Gasteiger partial charge on any atom is -0.336 e. The molecule has 0 aromatic heterocycles. The van der Waals surface area contributed by atoms with E-state index in [0.29, 0.717) is 12.1 Å². The lowest BCUT2D eigenvalue weighted by molar-refractivity contribution is -0.132. The fraction of sp³-hybridized carbons (Fsp3) is 0.318. The van der Waals surface area contributed by atoms with Gasteiger partial charge in [-0.1, -0.05) is 36.4 Å². The number of carbonyl (C=O) groups excluding carboxylic acids is 1. The van der Waals surface area contributed by atoms with Crippen molar-refractivity contribution in [2.75, 3.05) is 13.1 Å². The number of hydrogen-bond acceptors (Lipinski definition) is 2. The predicted molar refractivity (Wildman–Crippen MR) is 101 cm³/mol. The molecule has 3 nitrogen and oxygen atoms in total. The minimum absolute atomic E-state index is 0.0898. The van der Waals surface area contributed by atoms with E-state index in [2.05, 4.69) is 0 Å². The van der Waals surface area contributed by atoms with Gasteiger partial charge in [-0.25, -0.2) is 8.78 Å². The van der Waals surface area contributed by atoms with Crippen LogP contribution in [-0.4, -0.2) is 29.9 Å². The Balaban J connectivity index is 1.70. The molecule has 0 saturated heterocycles. The number of hydrogen-bond donors (Lipinski definition) is 1. The summed E-state index contributed by atoms with van der Waals surface area (Å²) in [7, 11) is 0. The number of carbonyl (C=O) groups is 1. The second-order valence-electron chi connectivity index (χ2n) is 7.42. The summed E-state index contributed by atoms with van der Waals surface area (Å²) in [5, 5.41) is 0. The Morgan fingerprint density at radius 1 is 1.11 bits per heavy atom. The highest BCUT2D eigenvalue weighted by atomic mass is 19.1. The molecule has 0 spiro atoms. The Hall–Kier alpha value is -2.53. The van der Waals surface area contributed by atoms with Gasteiger partial charge in [-0.05, 0) is 48.1 Å². The van der Waals surface area contributed by atoms with Gasteiger partial charge in [0.1, 0.15) is 11.6 Å². The molecule has 1 fully saturated rings. The summed E-state index contributed by atoms with van der Waals surface area (Å²) in [6.07, 6.45) is 3.90. The molecule has 2 atom stereocenters. The summed E-state index contributed by atoms with van der Waals surface area (Å²) in [5.41, 5.74) is 7.98. The normalized spacial score (nSPS) is 20.9. The minimum atomic E-state index is -0.516. The lowest BCUT2D eigenvalue weighted by Gasteiger charge is -2.34. The van der Waals surface area contributed by atoms with Crippen LogP contribution in [0.4, 0.5) is 8.78 Å². The van der Waals surface area contributed by atoms with E-state index in [-0.39, 0.29) is 29.9 Å². The molecule has 0 radical (unpaired) electrons. The topological polar surface area (TPSA) is 46.3 Å². The number of rotatable bonds is 4. The van der Waals surface area contributed by atoms with Crippen LogP contribution in [0.2, 0.25) is 0 Å². The molecule has 140 valence electrons. The fourth-order valence-electron chi connectivity index (χ4n) is 3.71. The predicted octanol–water partition coefficient (Wildman–Crippen LogP) is 3.71. The van der Waals surface area contributed by atoms with E-state index in [1.807, 2.05) is 36.4 Å². The van der Waals surface area contributed by atoms with Gasteiger partial charge in [-0.15, -0.1) is 0 Å². The van der Waals surface area contributed by atoms with Crippen molar-refractivity contribution in [3.8, 4) is 0 Å². The van der Waals surface area contributed by atoms with Gasteiger partial charge in [0.05, 0.1) is 6.04 Å². The van der Waals surface area contributed by atoms with Crippen LogP contribution in [0.25, 0.3) is 5.57 Å². The standard InChI is InChI=1S/C22H22F2N2O/c23-18-8-9-20(24)19(11-18)17-10-16(14-4-2-1-3-5-14)12-26(13-17)22(27)21(25)15-6-7-15/h1-5,8-11,15-16,21H,6-7,12-13,25H2/t16?,21-/m0/s1. The highest BCUT2D eigenvalue weighted by Crippen LogP contribution is 2.35. The third-order valence-electron chi connectivity index (χ3n) is 5.41. The van der Waals surface area contributed by atoms with E-state index >= 15 is 0 Å². The van der Waals surface area contributed by atoms with Gasteiger partial charge < -0.3 is 10.6 Å². The monoisotopic (exact) mass is 368 g/mol. The van der Waals surface area contributed by atoms with Crippen molar-refractivity contribution in [1.29, 1.82) is 0 Å². The molecule has 1 saturated carbocycles. The Morgan fingerprint density at radius 2 is 1.85 bits per heavy atom. The van der Waals surface area contributed by atoms with Crippen molar-refractivity contribution < 1.29 is 13.6 Å². The summed E-state index contributed by atoms with van der Waals surface area (Å²) in [5.74, 6) is -0.946. The van der Waals surface area contributed by atoms with Crippen molar-refractivity contribution >= 4 is 11.5 Å². The molecule has 2 aromatic rings. The fourth-order valence-corrected chi connectivity index (χ4v) is 3.71. The van der Waals surface area contributed by atoms with Gasteiger partial charge in [-0.3, -0.25) is 4.79 Å². The third-order valence-corrected chi connectivity index (χ3v) is 5.41. The molecule has 2 N–H and O–H groups in total. The third kappa shape index (κ3) is 3.78. The lowest BCUT2D eigenvalue weighted by atomic mass is 9.89.